The SMILES string of the molecule is CC(Oc1ccc(O)cc1)C(=O)NCCNC(=O)c1ccc(C(C)C)cc1. The van der Waals surface area contributed by atoms with E-state index < -0.39 is 6.10 Å². The molecule has 2 aromatic carbocycles. The maximum Gasteiger partial charge on any atom is 0.260 e. The van der Waals surface area contributed by atoms with Crippen molar-refractivity contribution in [2.24, 2.45) is 0 Å². The number of amides is 2. The van der Waals surface area contributed by atoms with Crippen molar-refractivity contribution in [1.29, 1.82) is 0 Å². The molecular formula is C21H26N2O4. The van der Waals surface area contributed by atoms with Gasteiger partial charge in [-0.1, -0.05) is 26.0 Å². The van der Waals surface area contributed by atoms with Gasteiger partial charge in [0, 0.05) is 18.7 Å². The van der Waals surface area contributed by atoms with Gasteiger partial charge in [-0.25, -0.2) is 0 Å². The summed E-state index contributed by atoms with van der Waals surface area (Å²) in [6.45, 7) is 6.46. The summed E-state index contributed by atoms with van der Waals surface area (Å²) in [5, 5.41) is 14.7. The summed E-state index contributed by atoms with van der Waals surface area (Å²) in [6.07, 6.45) is -0.686. The van der Waals surface area contributed by atoms with Gasteiger partial charge in [0.15, 0.2) is 6.10 Å². The first-order valence-electron chi connectivity index (χ1n) is 8.98. The number of aromatic hydroxyl groups is 1. The van der Waals surface area contributed by atoms with Crippen molar-refractivity contribution in [1.82, 2.24) is 10.6 Å². The van der Waals surface area contributed by atoms with Crippen LogP contribution in [0.4, 0.5) is 0 Å². The Morgan fingerprint density at radius 2 is 1.52 bits per heavy atom. The van der Waals surface area contributed by atoms with E-state index in [0.29, 0.717) is 30.3 Å². The fourth-order valence-corrected chi connectivity index (χ4v) is 2.41. The zero-order valence-electron chi connectivity index (χ0n) is 15.9. The third-order valence-corrected chi connectivity index (χ3v) is 4.07. The molecule has 2 amide bonds. The molecule has 27 heavy (non-hydrogen) atoms. The van der Waals surface area contributed by atoms with E-state index in [1.54, 1.807) is 31.2 Å². The van der Waals surface area contributed by atoms with Gasteiger partial charge in [0.1, 0.15) is 11.5 Å². The topological polar surface area (TPSA) is 87.7 Å². The molecule has 6 nitrogen and oxygen atoms in total. The average Bonchev–Trinajstić information content (AvgIpc) is 2.66. The van der Waals surface area contributed by atoms with Crippen LogP contribution >= 0.6 is 0 Å². The van der Waals surface area contributed by atoms with E-state index in [2.05, 4.69) is 24.5 Å². The Morgan fingerprint density at radius 1 is 0.926 bits per heavy atom. The lowest BCUT2D eigenvalue weighted by Crippen LogP contribution is -2.40. The van der Waals surface area contributed by atoms with Gasteiger partial charge < -0.3 is 20.5 Å². The lowest BCUT2D eigenvalue weighted by atomic mass is 10.0. The number of rotatable bonds is 8. The van der Waals surface area contributed by atoms with Crippen molar-refractivity contribution < 1.29 is 19.4 Å². The van der Waals surface area contributed by atoms with Crippen LogP contribution in [0.25, 0.3) is 0 Å². The minimum Gasteiger partial charge on any atom is -0.508 e. The molecule has 2 rings (SSSR count). The number of hydrogen-bond acceptors (Lipinski definition) is 4. The second kappa shape index (κ2) is 9.62. The summed E-state index contributed by atoms with van der Waals surface area (Å²) in [5.74, 6) is 0.595. The third kappa shape index (κ3) is 6.33. The monoisotopic (exact) mass is 370 g/mol. The van der Waals surface area contributed by atoms with E-state index in [4.69, 9.17) is 4.74 Å². The van der Waals surface area contributed by atoms with Gasteiger partial charge in [-0.2, -0.15) is 0 Å². The fourth-order valence-electron chi connectivity index (χ4n) is 2.41. The molecule has 0 heterocycles. The number of phenolic OH excluding ortho intramolecular Hbond substituents is 1. The average molecular weight is 370 g/mol. The number of phenols is 1. The van der Waals surface area contributed by atoms with Gasteiger partial charge in [0.05, 0.1) is 0 Å². The molecule has 0 bridgehead atoms. The molecule has 0 radical (unpaired) electrons. The van der Waals surface area contributed by atoms with E-state index in [1.807, 2.05) is 12.1 Å². The number of ether oxygens (including phenoxy) is 1. The van der Waals surface area contributed by atoms with Gasteiger partial charge in [-0.3, -0.25) is 9.59 Å². The molecule has 6 heteroatoms. The van der Waals surface area contributed by atoms with Gasteiger partial charge in [-0.05, 0) is 54.8 Å². The Labute approximate surface area is 159 Å². The summed E-state index contributed by atoms with van der Waals surface area (Å²) < 4.78 is 5.50. The Balaban J connectivity index is 1.71. The number of carbonyl (C=O) groups excluding carboxylic acids is 2. The second-order valence-electron chi connectivity index (χ2n) is 6.58. The highest BCUT2D eigenvalue weighted by molar-refractivity contribution is 5.94. The molecule has 144 valence electrons. The number of nitrogens with one attached hydrogen (secondary N) is 2. The van der Waals surface area contributed by atoms with Gasteiger partial charge in [0.2, 0.25) is 0 Å². The lowest BCUT2D eigenvalue weighted by Gasteiger charge is -2.15. The van der Waals surface area contributed by atoms with E-state index in [0.717, 1.165) is 0 Å². The maximum absolute atomic E-state index is 12.1. The Hall–Kier alpha value is -3.02. The highest BCUT2D eigenvalue weighted by Crippen LogP contribution is 2.17. The van der Waals surface area contributed by atoms with Crippen molar-refractivity contribution in [3.8, 4) is 11.5 Å². The zero-order chi connectivity index (χ0) is 19.8. The van der Waals surface area contributed by atoms with Crippen LogP contribution < -0.4 is 15.4 Å². The van der Waals surface area contributed by atoms with E-state index in [-0.39, 0.29) is 17.6 Å². The molecule has 0 aliphatic carbocycles. The first-order valence-corrected chi connectivity index (χ1v) is 8.98. The third-order valence-electron chi connectivity index (χ3n) is 4.07. The predicted molar refractivity (Wildman–Crippen MR) is 104 cm³/mol. The molecule has 0 fully saturated rings. The number of carbonyl (C=O) groups is 2. The van der Waals surface area contributed by atoms with Crippen LogP contribution in [-0.2, 0) is 4.79 Å². The van der Waals surface area contributed by atoms with Gasteiger partial charge in [-0.15, -0.1) is 0 Å². The van der Waals surface area contributed by atoms with Crippen LogP contribution in [0.15, 0.2) is 48.5 Å². The molecule has 0 spiro atoms. The molecule has 1 unspecified atom stereocenters. The molecule has 0 saturated carbocycles. The summed E-state index contributed by atoms with van der Waals surface area (Å²) in [7, 11) is 0. The summed E-state index contributed by atoms with van der Waals surface area (Å²) in [6, 6.07) is 13.7. The quantitative estimate of drug-likeness (QED) is 0.624. The maximum atomic E-state index is 12.1. The van der Waals surface area contributed by atoms with Crippen molar-refractivity contribution in [3.05, 3.63) is 59.7 Å². The molecular weight excluding hydrogens is 344 g/mol. The molecule has 0 saturated heterocycles. The molecule has 3 N–H and O–H groups in total. The van der Waals surface area contributed by atoms with E-state index >= 15 is 0 Å². The standard InChI is InChI=1S/C21H26N2O4/c1-14(2)16-4-6-17(7-5-16)21(26)23-13-12-22-20(25)15(3)27-19-10-8-18(24)9-11-19/h4-11,14-15,24H,12-13H2,1-3H3,(H,22,25)(H,23,26). The number of benzene rings is 2. The van der Waals surface area contributed by atoms with Gasteiger partial charge >= 0.3 is 0 Å². The minimum atomic E-state index is -0.686. The Kier molecular flexibility index (Phi) is 7.23. The molecule has 2 aromatic rings. The summed E-state index contributed by atoms with van der Waals surface area (Å²) in [5.41, 5.74) is 1.77. The fraction of sp³-hybridized carbons (Fsp3) is 0.333. The molecule has 0 aromatic heterocycles. The predicted octanol–water partition coefficient (Wildman–Crippen LogP) is 2.83. The highest BCUT2D eigenvalue weighted by atomic mass is 16.5. The first-order chi connectivity index (χ1) is 12.9. The number of hydrogen-bond donors (Lipinski definition) is 3. The largest absolute Gasteiger partial charge is 0.508 e. The van der Waals surface area contributed by atoms with Crippen molar-refractivity contribution in [3.63, 3.8) is 0 Å². The lowest BCUT2D eigenvalue weighted by molar-refractivity contribution is -0.127. The molecule has 0 aliphatic heterocycles. The van der Waals surface area contributed by atoms with Gasteiger partial charge in [0.25, 0.3) is 11.8 Å². The summed E-state index contributed by atoms with van der Waals surface area (Å²) >= 11 is 0. The van der Waals surface area contributed by atoms with Crippen molar-refractivity contribution in [2.75, 3.05) is 13.1 Å². The Bertz CT molecular complexity index is 755. The van der Waals surface area contributed by atoms with E-state index in [1.165, 1.54) is 17.7 Å². The summed E-state index contributed by atoms with van der Waals surface area (Å²) in [4.78, 5) is 24.1. The van der Waals surface area contributed by atoms with Crippen molar-refractivity contribution >= 4 is 11.8 Å². The van der Waals surface area contributed by atoms with Crippen LogP contribution in [0, 0.1) is 0 Å². The molecule has 1 atom stereocenters. The molecule has 0 aliphatic rings. The van der Waals surface area contributed by atoms with E-state index in [9.17, 15) is 14.7 Å². The van der Waals surface area contributed by atoms with Crippen molar-refractivity contribution in [2.45, 2.75) is 32.8 Å². The zero-order valence-corrected chi connectivity index (χ0v) is 15.9. The van der Waals surface area contributed by atoms with Crippen LogP contribution in [0.5, 0.6) is 11.5 Å². The highest BCUT2D eigenvalue weighted by Gasteiger charge is 2.14. The van der Waals surface area contributed by atoms with Crippen LogP contribution in [0.1, 0.15) is 42.6 Å². The second-order valence-corrected chi connectivity index (χ2v) is 6.58. The van der Waals surface area contributed by atoms with Crippen LogP contribution in [0.3, 0.4) is 0 Å². The normalized spacial score (nSPS) is 11.7. The van der Waals surface area contributed by atoms with Crippen LogP contribution in [-0.4, -0.2) is 36.1 Å². The van der Waals surface area contributed by atoms with Crippen LogP contribution in [0.2, 0.25) is 0 Å². The first kappa shape index (κ1) is 20.3. The smallest absolute Gasteiger partial charge is 0.260 e. The minimum absolute atomic E-state index is 0.133. The Morgan fingerprint density at radius 3 is 2.11 bits per heavy atom.